The zero-order valence-corrected chi connectivity index (χ0v) is 16.4. The molecule has 2 aliphatic heterocycles. The van der Waals surface area contributed by atoms with Crippen molar-refractivity contribution >= 4 is 11.8 Å². The molecule has 7 heteroatoms. The second-order valence-electron chi connectivity index (χ2n) is 8.35. The number of amides is 2. The molecule has 3 N–H and O–H groups in total. The van der Waals surface area contributed by atoms with Crippen molar-refractivity contribution < 1.29 is 9.59 Å². The molecule has 152 valence electrons. The number of carbonyl (C=O) groups is 2. The highest BCUT2D eigenvalue weighted by Crippen LogP contribution is 2.24. The van der Waals surface area contributed by atoms with Crippen LogP contribution in [0, 0.1) is 5.92 Å². The minimum atomic E-state index is -0.271. The lowest BCUT2D eigenvalue weighted by Gasteiger charge is -2.34. The number of carbonyl (C=O) groups excluding carboxylic acids is 2. The van der Waals surface area contributed by atoms with Crippen molar-refractivity contribution in [3.8, 4) is 0 Å². The lowest BCUT2D eigenvalue weighted by Crippen LogP contribution is -2.52. The van der Waals surface area contributed by atoms with Crippen molar-refractivity contribution in [1.82, 2.24) is 26.1 Å². The average molecular weight is 386 g/mol. The highest BCUT2D eigenvalue weighted by Gasteiger charge is 2.36. The van der Waals surface area contributed by atoms with Gasteiger partial charge < -0.3 is 10.2 Å². The van der Waals surface area contributed by atoms with Crippen LogP contribution in [-0.4, -0.2) is 46.9 Å². The first-order valence-corrected chi connectivity index (χ1v) is 10.7. The molecule has 4 rings (SSSR count). The first-order chi connectivity index (χ1) is 13.7. The Hall–Kier alpha value is -1.99. The van der Waals surface area contributed by atoms with Crippen LogP contribution in [0.2, 0.25) is 0 Å². The number of likely N-dealkylation sites (tertiary alicyclic amines) is 1. The van der Waals surface area contributed by atoms with Gasteiger partial charge in [0, 0.05) is 25.3 Å². The molecule has 1 aromatic rings. The first kappa shape index (κ1) is 19.3. The zero-order chi connectivity index (χ0) is 19.3. The molecule has 0 aromatic carbocycles. The van der Waals surface area contributed by atoms with Gasteiger partial charge in [0.05, 0.1) is 17.7 Å². The summed E-state index contributed by atoms with van der Waals surface area (Å²) in [6, 6.07) is 5.91. The van der Waals surface area contributed by atoms with E-state index in [-0.39, 0.29) is 29.8 Å². The normalized spacial score (nSPS) is 28.9. The number of nitrogens with one attached hydrogen (secondary N) is 3. The summed E-state index contributed by atoms with van der Waals surface area (Å²) in [7, 11) is 0. The summed E-state index contributed by atoms with van der Waals surface area (Å²) in [6.07, 6.45) is 10.1. The molecular formula is C21H31N5O2. The van der Waals surface area contributed by atoms with Crippen molar-refractivity contribution in [1.29, 1.82) is 0 Å². The van der Waals surface area contributed by atoms with Gasteiger partial charge in [0.15, 0.2) is 0 Å². The number of nitrogens with zero attached hydrogens (tertiary/aromatic N) is 2. The Morgan fingerprint density at radius 3 is 2.71 bits per heavy atom. The minimum Gasteiger partial charge on any atom is -0.353 e. The molecule has 3 unspecified atom stereocenters. The number of pyridine rings is 1. The maximum absolute atomic E-state index is 13.0. The van der Waals surface area contributed by atoms with Crippen LogP contribution in [0.4, 0.5) is 0 Å². The molecule has 7 nitrogen and oxygen atoms in total. The second kappa shape index (κ2) is 9.01. The third-order valence-electron chi connectivity index (χ3n) is 6.30. The summed E-state index contributed by atoms with van der Waals surface area (Å²) in [5, 5.41) is 3.23. The molecule has 3 heterocycles. The molecule has 1 aliphatic carbocycles. The summed E-state index contributed by atoms with van der Waals surface area (Å²) < 4.78 is 0. The van der Waals surface area contributed by atoms with Crippen LogP contribution in [0.3, 0.4) is 0 Å². The molecule has 0 radical (unpaired) electrons. The molecule has 0 spiro atoms. The van der Waals surface area contributed by atoms with Crippen LogP contribution in [0.15, 0.2) is 24.4 Å². The number of rotatable bonds is 4. The van der Waals surface area contributed by atoms with Gasteiger partial charge in [0.1, 0.15) is 6.04 Å². The summed E-state index contributed by atoms with van der Waals surface area (Å²) in [4.78, 5) is 32.0. The van der Waals surface area contributed by atoms with Gasteiger partial charge in [-0.05, 0) is 44.2 Å². The quantitative estimate of drug-likeness (QED) is 0.734. The number of piperidine rings is 1. The number of hydrogen-bond donors (Lipinski definition) is 3. The maximum Gasteiger partial charge on any atom is 0.241 e. The Morgan fingerprint density at radius 2 is 1.93 bits per heavy atom. The van der Waals surface area contributed by atoms with E-state index in [9.17, 15) is 9.59 Å². The van der Waals surface area contributed by atoms with E-state index in [4.69, 9.17) is 0 Å². The fourth-order valence-corrected chi connectivity index (χ4v) is 4.67. The van der Waals surface area contributed by atoms with Gasteiger partial charge in [0.25, 0.3) is 0 Å². The molecule has 3 fully saturated rings. The van der Waals surface area contributed by atoms with E-state index < -0.39 is 0 Å². The summed E-state index contributed by atoms with van der Waals surface area (Å²) in [5.74, 6) is 0.134. The Labute approximate surface area is 166 Å². The van der Waals surface area contributed by atoms with Crippen LogP contribution in [-0.2, 0) is 9.59 Å². The number of hydrazine groups is 1. The Kier molecular flexibility index (Phi) is 6.22. The molecule has 2 amide bonds. The van der Waals surface area contributed by atoms with E-state index in [1.54, 1.807) is 6.20 Å². The van der Waals surface area contributed by atoms with Crippen LogP contribution in [0.25, 0.3) is 0 Å². The minimum absolute atomic E-state index is 0.0327. The SMILES string of the molecule is O=C(NC1CCCCC1)C1CCCN(C(=O)C2CC(c3ccccn3)NN2)C1. The molecule has 2 saturated heterocycles. The third-order valence-corrected chi connectivity index (χ3v) is 6.30. The van der Waals surface area contributed by atoms with Crippen LogP contribution >= 0.6 is 0 Å². The molecule has 3 atom stereocenters. The first-order valence-electron chi connectivity index (χ1n) is 10.7. The molecule has 1 saturated carbocycles. The number of aromatic nitrogens is 1. The Morgan fingerprint density at radius 1 is 1.07 bits per heavy atom. The van der Waals surface area contributed by atoms with Crippen LogP contribution in [0.5, 0.6) is 0 Å². The van der Waals surface area contributed by atoms with Crippen molar-refractivity contribution in [2.24, 2.45) is 5.92 Å². The summed E-state index contributed by atoms with van der Waals surface area (Å²) in [6.45, 7) is 1.27. The maximum atomic E-state index is 13.0. The smallest absolute Gasteiger partial charge is 0.241 e. The van der Waals surface area contributed by atoms with Crippen molar-refractivity contribution in [2.75, 3.05) is 13.1 Å². The topological polar surface area (TPSA) is 86.4 Å². The predicted octanol–water partition coefficient (Wildman–Crippen LogP) is 1.68. The summed E-state index contributed by atoms with van der Waals surface area (Å²) in [5.41, 5.74) is 7.26. The fourth-order valence-electron chi connectivity index (χ4n) is 4.67. The second-order valence-corrected chi connectivity index (χ2v) is 8.35. The number of hydrogen-bond acceptors (Lipinski definition) is 5. The van der Waals surface area contributed by atoms with Gasteiger partial charge in [-0.3, -0.25) is 14.6 Å². The summed E-state index contributed by atoms with van der Waals surface area (Å²) >= 11 is 0. The van der Waals surface area contributed by atoms with Crippen molar-refractivity contribution in [3.05, 3.63) is 30.1 Å². The highest BCUT2D eigenvalue weighted by atomic mass is 16.2. The van der Waals surface area contributed by atoms with E-state index in [0.29, 0.717) is 19.0 Å². The molecular weight excluding hydrogens is 354 g/mol. The van der Waals surface area contributed by atoms with Gasteiger partial charge in [-0.15, -0.1) is 0 Å². The van der Waals surface area contributed by atoms with Crippen molar-refractivity contribution in [3.63, 3.8) is 0 Å². The van der Waals surface area contributed by atoms with E-state index >= 15 is 0 Å². The van der Waals surface area contributed by atoms with E-state index in [0.717, 1.165) is 37.9 Å². The van der Waals surface area contributed by atoms with E-state index in [1.807, 2.05) is 23.1 Å². The van der Waals surface area contributed by atoms with Crippen molar-refractivity contribution in [2.45, 2.75) is 69.5 Å². The van der Waals surface area contributed by atoms with Gasteiger partial charge >= 0.3 is 0 Å². The molecule has 1 aromatic heterocycles. The van der Waals surface area contributed by atoms with Gasteiger partial charge in [0.2, 0.25) is 11.8 Å². The lowest BCUT2D eigenvalue weighted by atomic mass is 9.92. The average Bonchev–Trinajstić information content (AvgIpc) is 3.25. The predicted molar refractivity (Wildman–Crippen MR) is 106 cm³/mol. The van der Waals surface area contributed by atoms with Crippen LogP contribution < -0.4 is 16.2 Å². The highest BCUT2D eigenvalue weighted by molar-refractivity contribution is 5.84. The lowest BCUT2D eigenvalue weighted by molar-refractivity contribution is -0.137. The molecule has 28 heavy (non-hydrogen) atoms. The Balaban J connectivity index is 1.30. The van der Waals surface area contributed by atoms with Gasteiger partial charge in [-0.25, -0.2) is 10.9 Å². The van der Waals surface area contributed by atoms with Gasteiger partial charge in [-0.1, -0.05) is 25.3 Å². The molecule has 3 aliphatic rings. The standard InChI is InChI=1S/C21H31N5O2/c27-20(23-16-8-2-1-3-9-16)15-7-6-12-26(14-15)21(28)19-13-18(24-25-19)17-10-4-5-11-22-17/h4-5,10-11,15-16,18-19,24-25H,1-3,6-9,12-14H2,(H,23,27). The fraction of sp³-hybridized carbons (Fsp3) is 0.667. The van der Waals surface area contributed by atoms with Crippen LogP contribution in [0.1, 0.15) is 63.1 Å². The van der Waals surface area contributed by atoms with Gasteiger partial charge in [-0.2, -0.15) is 0 Å². The Bertz CT molecular complexity index is 677. The van der Waals surface area contributed by atoms with E-state index in [2.05, 4.69) is 21.2 Å². The molecule has 0 bridgehead atoms. The monoisotopic (exact) mass is 385 g/mol. The third kappa shape index (κ3) is 4.52. The van der Waals surface area contributed by atoms with E-state index in [1.165, 1.54) is 19.3 Å². The largest absolute Gasteiger partial charge is 0.353 e. The zero-order valence-electron chi connectivity index (χ0n) is 16.4.